The first-order valence-electron chi connectivity index (χ1n) is 9.03. The molecule has 0 amide bonds. The van der Waals surface area contributed by atoms with Crippen molar-refractivity contribution >= 4 is 16.1 Å². The van der Waals surface area contributed by atoms with Gasteiger partial charge in [-0.25, -0.2) is 8.42 Å². The lowest BCUT2D eigenvalue weighted by Gasteiger charge is -2.30. The molecule has 0 spiro atoms. The van der Waals surface area contributed by atoms with Gasteiger partial charge in [0, 0.05) is 32.3 Å². The molecule has 2 fully saturated rings. The van der Waals surface area contributed by atoms with E-state index in [1.165, 1.54) is 17.1 Å². The Kier molecular flexibility index (Phi) is 5.63. The number of sulfonamides is 1. The fourth-order valence-corrected chi connectivity index (χ4v) is 4.66. The minimum atomic E-state index is -3.52. The molecule has 1 aromatic carbocycles. The third kappa shape index (κ3) is 4.31. The molecule has 0 radical (unpaired) electrons. The summed E-state index contributed by atoms with van der Waals surface area (Å²) < 4.78 is 32.9. The summed E-state index contributed by atoms with van der Waals surface area (Å²) in [7, 11) is -1.85. The number of hydrogen-bond acceptors (Lipinski definition) is 4. The lowest BCUT2D eigenvalue weighted by Crippen LogP contribution is -2.40. The highest BCUT2D eigenvalue weighted by Crippen LogP contribution is 2.32. The third-order valence-electron chi connectivity index (χ3n) is 5.10. The Labute approximate surface area is 150 Å². The van der Waals surface area contributed by atoms with Crippen molar-refractivity contribution in [3.63, 3.8) is 0 Å². The summed E-state index contributed by atoms with van der Waals surface area (Å²) in [5.41, 5.74) is 7.95. The van der Waals surface area contributed by atoms with E-state index in [2.05, 4.69) is 6.08 Å². The van der Waals surface area contributed by atoms with Gasteiger partial charge in [0.2, 0.25) is 10.0 Å². The van der Waals surface area contributed by atoms with Crippen LogP contribution in [0, 0.1) is 5.92 Å². The predicted octanol–water partition coefficient (Wildman–Crippen LogP) is 2.93. The summed E-state index contributed by atoms with van der Waals surface area (Å²) in [4.78, 5) is 0.335. The summed E-state index contributed by atoms with van der Waals surface area (Å²) in [6.07, 6.45) is 8.11. The highest BCUT2D eigenvalue weighted by Gasteiger charge is 2.29. The van der Waals surface area contributed by atoms with E-state index < -0.39 is 10.0 Å². The van der Waals surface area contributed by atoms with Crippen LogP contribution in [0.3, 0.4) is 0 Å². The van der Waals surface area contributed by atoms with Crippen LogP contribution in [0.1, 0.15) is 49.8 Å². The molecule has 1 atom stereocenters. The molecule has 5 nitrogen and oxygen atoms in total. The Bertz CT molecular complexity index is 733. The molecule has 0 unspecified atom stereocenters. The maximum Gasteiger partial charge on any atom is 0.243 e. The fraction of sp³-hybridized carbons (Fsp3) is 0.579. The molecule has 1 saturated heterocycles. The predicted molar refractivity (Wildman–Crippen MR) is 99.6 cm³/mol. The zero-order chi connectivity index (χ0) is 18.0. The van der Waals surface area contributed by atoms with E-state index in [1.54, 1.807) is 19.2 Å². The number of nitrogens with two attached hydrogens (primary N) is 1. The Hall–Kier alpha value is -1.21. The maximum absolute atomic E-state index is 13.0. The second-order valence-corrected chi connectivity index (χ2v) is 9.14. The van der Waals surface area contributed by atoms with Gasteiger partial charge < -0.3 is 10.5 Å². The molecular formula is C19H28N2O3S. The Balaban J connectivity index is 1.90. The van der Waals surface area contributed by atoms with E-state index >= 15 is 0 Å². The van der Waals surface area contributed by atoms with E-state index in [1.807, 2.05) is 19.1 Å². The van der Waals surface area contributed by atoms with Gasteiger partial charge in [-0.1, -0.05) is 18.2 Å². The number of nitrogens with zero attached hydrogens (tertiary/aromatic N) is 1. The first kappa shape index (κ1) is 18.6. The number of allylic oxidation sites excluding steroid dienone is 1. The van der Waals surface area contributed by atoms with Crippen molar-refractivity contribution in [1.29, 1.82) is 0 Å². The van der Waals surface area contributed by atoms with E-state index in [0.717, 1.165) is 24.0 Å². The van der Waals surface area contributed by atoms with Crippen molar-refractivity contribution in [2.24, 2.45) is 11.7 Å². The molecule has 0 aromatic heterocycles. The number of hydrogen-bond donors (Lipinski definition) is 1. The molecule has 25 heavy (non-hydrogen) atoms. The van der Waals surface area contributed by atoms with Crippen molar-refractivity contribution in [1.82, 2.24) is 4.31 Å². The van der Waals surface area contributed by atoms with Crippen molar-refractivity contribution < 1.29 is 13.2 Å². The SMILES string of the molecule is C[C@H](N)c1ccc(S(=O)(=O)N(C)C2CCOCC2)cc1/C=C/C1CC1. The van der Waals surface area contributed by atoms with Crippen LogP contribution in [0.2, 0.25) is 0 Å². The highest BCUT2D eigenvalue weighted by atomic mass is 32.2. The van der Waals surface area contributed by atoms with E-state index in [0.29, 0.717) is 24.0 Å². The lowest BCUT2D eigenvalue weighted by atomic mass is 10.0. The number of benzene rings is 1. The van der Waals surface area contributed by atoms with Crippen LogP contribution in [-0.2, 0) is 14.8 Å². The first-order valence-corrected chi connectivity index (χ1v) is 10.5. The molecular weight excluding hydrogens is 336 g/mol. The molecule has 2 aliphatic rings. The van der Waals surface area contributed by atoms with E-state index in [9.17, 15) is 8.42 Å². The van der Waals surface area contributed by atoms with Crippen LogP contribution in [0.25, 0.3) is 6.08 Å². The van der Waals surface area contributed by atoms with Gasteiger partial charge in [0.15, 0.2) is 0 Å². The van der Waals surface area contributed by atoms with Gasteiger partial charge in [-0.15, -0.1) is 0 Å². The highest BCUT2D eigenvalue weighted by molar-refractivity contribution is 7.89. The topological polar surface area (TPSA) is 72.6 Å². The molecule has 0 bridgehead atoms. The lowest BCUT2D eigenvalue weighted by molar-refractivity contribution is 0.0632. The smallest absolute Gasteiger partial charge is 0.243 e. The zero-order valence-electron chi connectivity index (χ0n) is 15.0. The molecule has 1 aliphatic carbocycles. The van der Waals surface area contributed by atoms with Crippen LogP contribution >= 0.6 is 0 Å². The largest absolute Gasteiger partial charge is 0.381 e. The normalized spacial score (nSPS) is 21.1. The average molecular weight is 365 g/mol. The number of ether oxygens (including phenoxy) is 1. The Morgan fingerprint density at radius 2 is 1.92 bits per heavy atom. The Morgan fingerprint density at radius 1 is 1.24 bits per heavy atom. The zero-order valence-corrected chi connectivity index (χ0v) is 15.8. The summed E-state index contributed by atoms with van der Waals surface area (Å²) >= 11 is 0. The minimum absolute atomic E-state index is 0.00249. The van der Waals surface area contributed by atoms with Crippen LogP contribution in [-0.4, -0.2) is 39.0 Å². The molecule has 3 rings (SSSR count). The van der Waals surface area contributed by atoms with Crippen LogP contribution in [0.5, 0.6) is 0 Å². The molecule has 1 aliphatic heterocycles. The van der Waals surface area contributed by atoms with Crippen molar-refractivity contribution in [2.45, 2.75) is 49.6 Å². The third-order valence-corrected chi connectivity index (χ3v) is 7.01. The molecule has 1 saturated carbocycles. The van der Waals surface area contributed by atoms with Crippen molar-refractivity contribution in [3.8, 4) is 0 Å². The van der Waals surface area contributed by atoms with E-state index in [4.69, 9.17) is 10.5 Å². The van der Waals surface area contributed by atoms with Gasteiger partial charge in [0.1, 0.15) is 0 Å². The summed E-state index contributed by atoms with van der Waals surface area (Å²) in [6, 6.07) is 5.16. The van der Waals surface area contributed by atoms with Crippen LogP contribution in [0.4, 0.5) is 0 Å². The van der Waals surface area contributed by atoms with Gasteiger partial charge in [-0.05, 0) is 61.8 Å². The molecule has 1 heterocycles. The maximum atomic E-state index is 13.0. The molecule has 1 aromatic rings. The van der Waals surface area contributed by atoms with Crippen molar-refractivity contribution in [3.05, 3.63) is 35.4 Å². The second kappa shape index (κ2) is 7.58. The van der Waals surface area contributed by atoms with Gasteiger partial charge >= 0.3 is 0 Å². The molecule has 2 N–H and O–H groups in total. The summed E-state index contributed by atoms with van der Waals surface area (Å²) in [5.74, 6) is 0.631. The minimum Gasteiger partial charge on any atom is -0.381 e. The van der Waals surface area contributed by atoms with Crippen LogP contribution in [0.15, 0.2) is 29.2 Å². The molecule has 6 heteroatoms. The van der Waals surface area contributed by atoms with Gasteiger partial charge in [-0.3, -0.25) is 0 Å². The first-order chi connectivity index (χ1) is 11.9. The fourth-order valence-electron chi connectivity index (χ4n) is 3.21. The summed E-state index contributed by atoms with van der Waals surface area (Å²) in [5, 5.41) is 0. The Morgan fingerprint density at radius 3 is 2.52 bits per heavy atom. The monoisotopic (exact) mass is 364 g/mol. The summed E-state index contributed by atoms with van der Waals surface area (Å²) in [6.45, 7) is 3.15. The standard InChI is InChI=1S/C19H28N2O3S/c1-14(20)19-8-7-18(13-16(19)6-5-15-3-4-15)25(22,23)21(2)17-9-11-24-12-10-17/h5-8,13-15,17H,3-4,9-12,20H2,1-2H3/b6-5+/t14-/m0/s1. The molecule has 138 valence electrons. The van der Waals surface area contributed by atoms with Gasteiger partial charge in [0.25, 0.3) is 0 Å². The van der Waals surface area contributed by atoms with Gasteiger partial charge in [0.05, 0.1) is 4.90 Å². The number of rotatable bonds is 6. The van der Waals surface area contributed by atoms with Crippen molar-refractivity contribution in [2.75, 3.05) is 20.3 Å². The van der Waals surface area contributed by atoms with Gasteiger partial charge in [-0.2, -0.15) is 4.31 Å². The second-order valence-electron chi connectivity index (χ2n) is 7.14. The quantitative estimate of drug-likeness (QED) is 0.842. The van der Waals surface area contributed by atoms with E-state index in [-0.39, 0.29) is 12.1 Å². The van der Waals surface area contributed by atoms with Crippen LogP contribution < -0.4 is 5.73 Å². The average Bonchev–Trinajstić information content (AvgIpc) is 3.44.